The van der Waals surface area contributed by atoms with Crippen molar-refractivity contribution in [2.75, 3.05) is 26.7 Å². The first-order valence-electron chi connectivity index (χ1n) is 5.12. The molecule has 0 aliphatic carbocycles. The van der Waals surface area contributed by atoms with E-state index in [1.54, 1.807) is 0 Å². The Morgan fingerprint density at radius 1 is 1.53 bits per heavy atom. The number of hydrogen-bond acceptors (Lipinski definition) is 3. The SMILES string of the molecule is CC(=CC(=O)O)CN(C)CCOC(C)C. The normalized spacial score (nSPS) is 12.5. The molecule has 0 aromatic heterocycles. The third-order valence-electron chi connectivity index (χ3n) is 1.81. The van der Waals surface area contributed by atoms with Crippen molar-refractivity contribution in [1.82, 2.24) is 4.90 Å². The lowest BCUT2D eigenvalue weighted by molar-refractivity contribution is -0.131. The summed E-state index contributed by atoms with van der Waals surface area (Å²) in [6, 6.07) is 0. The van der Waals surface area contributed by atoms with Gasteiger partial charge in [-0.1, -0.05) is 5.57 Å². The molecule has 0 fully saturated rings. The molecule has 0 saturated heterocycles. The molecule has 0 saturated carbocycles. The zero-order valence-electron chi connectivity index (χ0n) is 9.99. The summed E-state index contributed by atoms with van der Waals surface area (Å²) in [5, 5.41) is 8.53. The Labute approximate surface area is 91.5 Å². The van der Waals surface area contributed by atoms with Crippen LogP contribution in [0.4, 0.5) is 0 Å². The molecule has 0 atom stereocenters. The van der Waals surface area contributed by atoms with Gasteiger partial charge >= 0.3 is 5.97 Å². The first kappa shape index (κ1) is 14.1. The van der Waals surface area contributed by atoms with Gasteiger partial charge in [-0.3, -0.25) is 0 Å². The number of likely N-dealkylation sites (N-methyl/N-ethyl adjacent to an activating group) is 1. The molecule has 0 heterocycles. The Bertz CT molecular complexity index is 224. The predicted molar refractivity (Wildman–Crippen MR) is 60.0 cm³/mol. The Morgan fingerprint density at radius 3 is 2.60 bits per heavy atom. The van der Waals surface area contributed by atoms with Gasteiger partial charge < -0.3 is 14.7 Å². The lowest BCUT2D eigenvalue weighted by Gasteiger charge is -2.17. The molecule has 0 aliphatic rings. The highest BCUT2D eigenvalue weighted by Gasteiger charge is 2.01. The summed E-state index contributed by atoms with van der Waals surface area (Å²) in [6.45, 7) is 7.95. The fraction of sp³-hybridized carbons (Fsp3) is 0.727. The minimum absolute atomic E-state index is 0.244. The van der Waals surface area contributed by atoms with Crippen LogP contribution in [0, 0.1) is 0 Å². The van der Waals surface area contributed by atoms with Crippen molar-refractivity contribution in [2.45, 2.75) is 26.9 Å². The van der Waals surface area contributed by atoms with E-state index in [1.807, 2.05) is 32.7 Å². The molecular formula is C11H21NO3. The number of carbonyl (C=O) groups is 1. The second kappa shape index (κ2) is 7.43. The van der Waals surface area contributed by atoms with Crippen LogP contribution in [0.1, 0.15) is 20.8 Å². The van der Waals surface area contributed by atoms with E-state index in [0.717, 1.165) is 12.1 Å². The van der Waals surface area contributed by atoms with Crippen LogP contribution in [0.25, 0.3) is 0 Å². The third kappa shape index (κ3) is 9.43. The average Bonchev–Trinajstić information content (AvgIpc) is 2.00. The molecule has 0 bridgehead atoms. The van der Waals surface area contributed by atoms with E-state index in [2.05, 4.69) is 0 Å². The first-order valence-corrected chi connectivity index (χ1v) is 5.12. The van der Waals surface area contributed by atoms with Crippen LogP contribution < -0.4 is 0 Å². The maximum absolute atomic E-state index is 10.4. The summed E-state index contributed by atoms with van der Waals surface area (Å²) >= 11 is 0. The molecule has 88 valence electrons. The van der Waals surface area contributed by atoms with Gasteiger partial charge in [0.2, 0.25) is 0 Å². The Hall–Kier alpha value is -0.870. The van der Waals surface area contributed by atoms with Crippen LogP contribution in [0.15, 0.2) is 11.6 Å². The van der Waals surface area contributed by atoms with Crippen molar-refractivity contribution in [2.24, 2.45) is 0 Å². The lowest BCUT2D eigenvalue weighted by atomic mass is 10.2. The molecule has 0 radical (unpaired) electrons. The number of rotatable bonds is 7. The highest BCUT2D eigenvalue weighted by atomic mass is 16.5. The summed E-state index contributed by atoms with van der Waals surface area (Å²) in [5.41, 5.74) is 0.842. The zero-order chi connectivity index (χ0) is 11.8. The maximum Gasteiger partial charge on any atom is 0.328 e. The van der Waals surface area contributed by atoms with Gasteiger partial charge in [0, 0.05) is 19.2 Å². The van der Waals surface area contributed by atoms with Crippen molar-refractivity contribution in [3.8, 4) is 0 Å². The summed E-state index contributed by atoms with van der Waals surface area (Å²) in [5.74, 6) is -0.890. The van der Waals surface area contributed by atoms with Crippen molar-refractivity contribution < 1.29 is 14.6 Å². The predicted octanol–water partition coefficient (Wildman–Crippen LogP) is 1.37. The van der Waals surface area contributed by atoms with Crippen molar-refractivity contribution >= 4 is 5.97 Å². The smallest absolute Gasteiger partial charge is 0.328 e. The van der Waals surface area contributed by atoms with Gasteiger partial charge in [0.15, 0.2) is 0 Å². The summed E-state index contributed by atoms with van der Waals surface area (Å²) in [6.07, 6.45) is 1.48. The minimum atomic E-state index is -0.890. The molecule has 0 spiro atoms. The zero-order valence-corrected chi connectivity index (χ0v) is 9.99. The van der Waals surface area contributed by atoms with E-state index in [9.17, 15) is 4.79 Å². The topological polar surface area (TPSA) is 49.8 Å². The fourth-order valence-electron chi connectivity index (χ4n) is 1.21. The highest BCUT2D eigenvalue weighted by Crippen LogP contribution is 1.96. The third-order valence-corrected chi connectivity index (χ3v) is 1.81. The first-order chi connectivity index (χ1) is 6.91. The minimum Gasteiger partial charge on any atom is -0.478 e. The van der Waals surface area contributed by atoms with Crippen molar-refractivity contribution in [3.05, 3.63) is 11.6 Å². The van der Waals surface area contributed by atoms with Crippen LogP contribution in [0.5, 0.6) is 0 Å². The maximum atomic E-state index is 10.4. The van der Waals surface area contributed by atoms with E-state index >= 15 is 0 Å². The van der Waals surface area contributed by atoms with Gasteiger partial charge in [-0.25, -0.2) is 4.79 Å². The Balaban J connectivity index is 3.73. The molecule has 0 rings (SSSR count). The number of nitrogens with zero attached hydrogens (tertiary/aromatic N) is 1. The van der Waals surface area contributed by atoms with E-state index < -0.39 is 5.97 Å². The summed E-state index contributed by atoms with van der Waals surface area (Å²) < 4.78 is 5.40. The molecule has 4 nitrogen and oxygen atoms in total. The lowest BCUT2D eigenvalue weighted by Crippen LogP contribution is -2.26. The molecule has 0 aromatic rings. The quantitative estimate of drug-likeness (QED) is 0.652. The van der Waals surface area contributed by atoms with E-state index in [4.69, 9.17) is 9.84 Å². The largest absolute Gasteiger partial charge is 0.478 e. The average molecular weight is 215 g/mol. The number of carboxylic acid groups (broad SMARTS) is 1. The van der Waals surface area contributed by atoms with E-state index in [0.29, 0.717) is 13.2 Å². The van der Waals surface area contributed by atoms with Crippen LogP contribution in [0.3, 0.4) is 0 Å². The van der Waals surface area contributed by atoms with Crippen molar-refractivity contribution in [3.63, 3.8) is 0 Å². The molecule has 15 heavy (non-hydrogen) atoms. The Kier molecular flexibility index (Phi) is 6.99. The molecule has 1 N–H and O–H groups in total. The van der Waals surface area contributed by atoms with Crippen LogP contribution in [0.2, 0.25) is 0 Å². The second-order valence-corrected chi connectivity index (χ2v) is 3.99. The number of hydrogen-bond donors (Lipinski definition) is 1. The van der Waals surface area contributed by atoms with Gasteiger partial charge in [0.25, 0.3) is 0 Å². The fourth-order valence-corrected chi connectivity index (χ4v) is 1.21. The van der Waals surface area contributed by atoms with Crippen LogP contribution >= 0.6 is 0 Å². The standard InChI is InChI=1S/C11H21NO3/c1-9(2)15-6-5-12(4)8-10(3)7-11(13)14/h7,9H,5-6,8H2,1-4H3,(H,13,14). The van der Waals surface area contributed by atoms with E-state index in [-0.39, 0.29) is 6.10 Å². The van der Waals surface area contributed by atoms with Gasteiger partial charge in [0.1, 0.15) is 0 Å². The van der Waals surface area contributed by atoms with E-state index in [1.165, 1.54) is 6.08 Å². The van der Waals surface area contributed by atoms with Gasteiger partial charge in [-0.2, -0.15) is 0 Å². The molecule has 0 aliphatic heterocycles. The monoisotopic (exact) mass is 215 g/mol. The van der Waals surface area contributed by atoms with Crippen LogP contribution in [-0.4, -0.2) is 48.8 Å². The summed E-state index contributed by atoms with van der Waals surface area (Å²) in [4.78, 5) is 12.4. The number of aliphatic carboxylic acids is 1. The molecule has 0 unspecified atom stereocenters. The van der Waals surface area contributed by atoms with Gasteiger partial charge in [0.05, 0.1) is 12.7 Å². The highest BCUT2D eigenvalue weighted by molar-refractivity contribution is 5.80. The van der Waals surface area contributed by atoms with Crippen molar-refractivity contribution in [1.29, 1.82) is 0 Å². The molecule has 4 heteroatoms. The number of ether oxygens (including phenoxy) is 1. The Morgan fingerprint density at radius 2 is 2.13 bits per heavy atom. The van der Waals surface area contributed by atoms with Gasteiger partial charge in [-0.05, 0) is 27.8 Å². The number of carboxylic acids is 1. The second-order valence-electron chi connectivity index (χ2n) is 3.99. The van der Waals surface area contributed by atoms with Crippen LogP contribution in [-0.2, 0) is 9.53 Å². The molecule has 0 amide bonds. The molecule has 0 aromatic carbocycles. The van der Waals surface area contributed by atoms with Gasteiger partial charge in [-0.15, -0.1) is 0 Å². The molecular weight excluding hydrogens is 194 g/mol. The summed E-state index contributed by atoms with van der Waals surface area (Å²) in [7, 11) is 1.95.